The minimum atomic E-state index is -0.329. The fourth-order valence-electron chi connectivity index (χ4n) is 3.89. The van der Waals surface area contributed by atoms with E-state index in [1.54, 1.807) is 26.4 Å². The van der Waals surface area contributed by atoms with Crippen molar-refractivity contribution in [2.75, 3.05) is 45.8 Å². The van der Waals surface area contributed by atoms with Crippen LogP contribution in [0.1, 0.15) is 29.3 Å². The van der Waals surface area contributed by atoms with Gasteiger partial charge in [-0.15, -0.1) is 0 Å². The number of nitrogens with one attached hydrogen (secondary N) is 2. The van der Waals surface area contributed by atoms with Crippen LogP contribution in [-0.2, 0) is 6.42 Å². The van der Waals surface area contributed by atoms with Gasteiger partial charge < -0.3 is 30.3 Å². The number of carbonyl (C=O) groups is 1. The summed E-state index contributed by atoms with van der Waals surface area (Å²) in [6.07, 6.45) is 2.67. The monoisotopic (exact) mass is 465 g/mol. The summed E-state index contributed by atoms with van der Waals surface area (Å²) >= 11 is 0. The van der Waals surface area contributed by atoms with Gasteiger partial charge in [0.25, 0.3) is 5.91 Å². The molecule has 0 aromatic heterocycles. The second-order valence-corrected chi connectivity index (χ2v) is 8.63. The van der Waals surface area contributed by atoms with Crippen LogP contribution in [0.15, 0.2) is 54.2 Å². The van der Waals surface area contributed by atoms with Crippen molar-refractivity contribution in [1.82, 2.24) is 10.2 Å². The zero-order valence-corrected chi connectivity index (χ0v) is 20.4. The first-order valence-corrected chi connectivity index (χ1v) is 11.4. The molecule has 182 valence electrons. The molecule has 1 fully saturated rings. The molecule has 1 saturated heterocycles. The Kier molecular flexibility index (Phi) is 8.54. The lowest BCUT2D eigenvalue weighted by Crippen LogP contribution is -2.50. The molecular weight excluding hydrogens is 430 g/mol. The maximum atomic E-state index is 12.6. The lowest BCUT2D eigenvalue weighted by molar-refractivity contribution is 0.0977. The van der Waals surface area contributed by atoms with Crippen molar-refractivity contribution in [2.45, 2.75) is 25.8 Å². The standard InChI is InChI=1S/C26H35N5O3/c1-18-17-31(12-11-30(18)2)22-9-6-20(7-10-22)26(32)29-25(28)15-21(27)8-5-19-13-23(33-3)16-24(14-19)34-4/h6-7,9-10,13-16,18H,5,8,11-12,17,27H2,1-4H3,(H2,28,29,32). The molecule has 4 N–H and O–H groups in total. The Hall–Kier alpha value is -3.52. The van der Waals surface area contributed by atoms with Crippen molar-refractivity contribution in [1.29, 1.82) is 5.41 Å². The van der Waals surface area contributed by atoms with Gasteiger partial charge in [-0.25, -0.2) is 0 Å². The first-order valence-electron chi connectivity index (χ1n) is 11.4. The Morgan fingerprint density at radius 2 is 1.79 bits per heavy atom. The molecule has 34 heavy (non-hydrogen) atoms. The van der Waals surface area contributed by atoms with E-state index in [1.165, 1.54) is 6.08 Å². The van der Waals surface area contributed by atoms with Crippen LogP contribution in [0.2, 0.25) is 0 Å². The number of hydrogen-bond donors (Lipinski definition) is 3. The summed E-state index contributed by atoms with van der Waals surface area (Å²) in [5, 5.41) is 10.7. The number of likely N-dealkylation sites (N-methyl/N-ethyl adjacent to an activating group) is 1. The Morgan fingerprint density at radius 1 is 1.15 bits per heavy atom. The topological polar surface area (TPSA) is 104 Å². The molecule has 8 heteroatoms. The molecule has 0 spiro atoms. The smallest absolute Gasteiger partial charge is 0.256 e. The third-order valence-corrected chi connectivity index (χ3v) is 6.15. The van der Waals surface area contributed by atoms with Crippen molar-refractivity contribution in [3.8, 4) is 11.5 Å². The van der Waals surface area contributed by atoms with E-state index in [0.29, 0.717) is 41.6 Å². The number of amides is 1. The van der Waals surface area contributed by atoms with E-state index in [4.69, 9.17) is 20.6 Å². The van der Waals surface area contributed by atoms with Crippen LogP contribution in [-0.4, -0.2) is 63.6 Å². The number of nitrogens with two attached hydrogens (primary N) is 1. The molecule has 0 bridgehead atoms. The molecule has 0 radical (unpaired) electrons. The summed E-state index contributed by atoms with van der Waals surface area (Å²) < 4.78 is 10.6. The Labute approximate surface area is 201 Å². The summed E-state index contributed by atoms with van der Waals surface area (Å²) in [6, 6.07) is 13.7. The van der Waals surface area contributed by atoms with Gasteiger partial charge in [0.1, 0.15) is 17.3 Å². The number of methoxy groups -OCH3 is 2. The SMILES string of the molecule is COc1cc(CCC(N)=CC(=N)NC(=O)c2ccc(N3CCN(C)C(C)C3)cc2)cc(OC)c1. The fourth-order valence-corrected chi connectivity index (χ4v) is 3.89. The number of allylic oxidation sites excluding steroid dienone is 1. The second kappa shape index (κ2) is 11.6. The van der Waals surface area contributed by atoms with Crippen molar-refractivity contribution in [2.24, 2.45) is 5.73 Å². The highest BCUT2D eigenvalue weighted by molar-refractivity contribution is 6.09. The quantitative estimate of drug-likeness (QED) is 0.409. The maximum Gasteiger partial charge on any atom is 0.256 e. The Balaban J connectivity index is 1.53. The van der Waals surface area contributed by atoms with E-state index < -0.39 is 0 Å². The van der Waals surface area contributed by atoms with Gasteiger partial charge in [0.15, 0.2) is 0 Å². The number of hydrogen-bond acceptors (Lipinski definition) is 7. The van der Waals surface area contributed by atoms with E-state index >= 15 is 0 Å². The third kappa shape index (κ3) is 6.74. The molecule has 0 saturated carbocycles. The summed E-state index contributed by atoms with van der Waals surface area (Å²) in [5.74, 6) is 1.06. The molecular formula is C26H35N5O3. The highest BCUT2D eigenvalue weighted by Crippen LogP contribution is 2.24. The van der Waals surface area contributed by atoms with Crippen LogP contribution in [0.3, 0.4) is 0 Å². The molecule has 0 aliphatic carbocycles. The first-order chi connectivity index (χ1) is 16.3. The number of anilines is 1. The number of rotatable bonds is 8. The summed E-state index contributed by atoms with van der Waals surface area (Å²) in [6.45, 7) is 5.15. The minimum Gasteiger partial charge on any atom is -0.497 e. The molecule has 1 heterocycles. The number of benzene rings is 2. The van der Waals surface area contributed by atoms with Crippen molar-refractivity contribution in [3.63, 3.8) is 0 Å². The Morgan fingerprint density at radius 3 is 2.38 bits per heavy atom. The van der Waals surface area contributed by atoms with Crippen LogP contribution < -0.4 is 25.4 Å². The lowest BCUT2D eigenvalue weighted by atomic mass is 10.1. The van der Waals surface area contributed by atoms with Crippen molar-refractivity contribution in [3.05, 3.63) is 65.4 Å². The normalized spacial score (nSPS) is 16.8. The first kappa shape index (κ1) is 25.1. The zero-order chi connectivity index (χ0) is 24.7. The number of ether oxygens (including phenoxy) is 2. The van der Waals surface area contributed by atoms with Gasteiger partial charge in [-0.2, -0.15) is 0 Å². The van der Waals surface area contributed by atoms with Gasteiger partial charge in [0, 0.05) is 48.7 Å². The second-order valence-electron chi connectivity index (χ2n) is 8.63. The highest BCUT2D eigenvalue weighted by atomic mass is 16.5. The van der Waals surface area contributed by atoms with Crippen LogP contribution in [0.25, 0.3) is 0 Å². The van der Waals surface area contributed by atoms with Gasteiger partial charge in [-0.3, -0.25) is 10.2 Å². The minimum absolute atomic E-state index is 0.0392. The van der Waals surface area contributed by atoms with Gasteiger partial charge in [-0.1, -0.05) is 0 Å². The predicted octanol–water partition coefficient (Wildman–Crippen LogP) is 3.03. The van der Waals surface area contributed by atoms with Crippen LogP contribution in [0.4, 0.5) is 5.69 Å². The number of piperazine rings is 1. The number of carbonyl (C=O) groups excluding carboxylic acids is 1. The van der Waals surface area contributed by atoms with Crippen LogP contribution in [0.5, 0.6) is 11.5 Å². The van der Waals surface area contributed by atoms with Gasteiger partial charge >= 0.3 is 0 Å². The molecule has 8 nitrogen and oxygen atoms in total. The lowest BCUT2D eigenvalue weighted by Gasteiger charge is -2.39. The van der Waals surface area contributed by atoms with Gasteiger partial charge in [0.2, 0.25) is 0 Å². The van der Waals surface area contributed by atoms with E-state index in [0.717, 1.165) is 30.9 Å². The molecule has 1 aliphatic rings. The molecule has 1 unspecified atom stereocenters. The molecule has 1 aliphatic heterocycles. The highest BCUT2D eigenvalue weighted by Gasteiger charge is 2.21. The average molecular weight is 466 g/mol. The number of aryl methyl sites for hydroxylation is 1. The molecule has 3 rings (SSSR count). The fraction of sp³-hybridized carbons (Fsp3) is 0.385. The van der Waals surface area contributed by atoms with Crippen molar-refractivity contribution >= 4 is 17.4 Å². The number of amidine groups is 1. The van der Waals surface area contributed by atoms with Gasteiger partial charge in [-0.05, 0) is 74.9 Å². The van der Waals surface area contributed by atoms with Gasteiger partial charge in [0.05, 0.1) is 14.2 Å². The maximum absolute atomic E-state index is 12.6. The van der Waals surface area contributed by atoms with Crippen LogP contribution >= 0.6 is 0 Å². The zero-order valence-electron chi connectivity index (χ0n) is 20.4. The largest absolute Gasteiger partial charge is 0.497 e. The predicted molar refractivity (Wildman–Crippen MR) is 136 cm³/mol. The van der Waals surface area contributed by atoms with E-state index in [1.807, 2.05) is 30.3 Å². The molecule has 1 atom stereocenters. The molecule has 2 aromatic carbocycles. The average Bonchev–Trinajstić information content (AvgIpc) is 2.84. The summed E-state index contributed by atoms with van der Waals surface area (Å²) in [5.41, 5.74) is 9.22. The van der Waals surface area contributed by atoms with Crippen LogP contribution in [0, 0.1) is 5.41 Å². The molecule has 1 amide bonds. The van der Waals surface area contributed by atoms with E-state index in [2.05, 4.69) is 29.1 Å². The summed E-state index contributed by atoms with van der Waals surface area (Å²) in [7, 11) is 5.36. The third-order valence-electron chi connectivity index (χ3n) is 6.15. The molecule has 2 aromatic rings. The summed E-state index contributed by atoms with van der Waals surface area (Å²) in [4.78, 5) is 17.2. The number of nitrogens with zero attached hydrogens (tertiary/aromatic N) is 2. The van der Waals surface area contributed by atoms with E-state index in [9.17, 15) is 4.79 Å². The van der Waals surface area contributed by atoms with E-state index in [-0.39, 0.29) is 11.7 Å². The Bertz CT molecular complexity index is 1010. The van der Waals surface area contributed by atoms with Crippen molar-refractivity contribution < 1.29 is 14.3 Å².